The van der Waals surface area contributed by atoms with Crippen LogP contribution in [0.3, 0.4) is 0 Å². The first-order valence-electron chi connectivity index (χ1n) is 4.08. The molecule has 0 fully saturated rings. The highest BCUT2D eigenvalue weighted by molar-refractivity contribution is 5.15. The summed E-state index contributed by atoms with van der Waals surface area (Å²) in [5.41, 5.74) is 2.76. The van der Waals surface area contributed by atoms with E-state index in [-0.39, 0.29) is 0 Å². The minimum Gasteiger partial charge on any atom is -0.0913 e. The van der Waals surface area contributed by atoms with Gasteiger partial charge in [-0.1, -0.05) is 35.5 Å². The Balaban J connectivity index is 3.91. The monoisotopic (exact) mass is 150 g/mol. The number of hydrogen-bond acceptors (Lipinski definition) is 0. The van der Waals surface area contributed by atoms with E-state index in [0.717, 1.165) is 6.42 Å². The molecule has 0 saturated carbocycles. The Morgan fingerprint density at radius 2 is 1.73 bits per heavy atom. The Labute approximate surface area is 70.3 Å². The molecule has 0 N–H and O–H groups in total. The van der Waals surface area contributed by atoms with Crippen LogP contribution in [-0.2, 0) is 0 Å². The minimum atomic E-state index is 1.07. The molecule has 0 heteroatoms. The standard InChI is InChI=1S/C11H18/c1-5-6-7-11(4)9-8-10(2)3/h5-6,8-9H,7H2,1-4H3. The van der Waals surface area contributed by atoms with Crippen molar-refractivity contribution in [2.75, 3.05) is 0 Å². The Morgan fingerprint density at radius 1 is 1.09 bits per heavy atom. The molecule has 11 heavy (non-hydrogen) atoms. The SMILES string of the molecule is CC=CCC(C)=CC=C(C)C. The Bertz CT molecular complexity index is 176. The molecule has 0 nitrogen and oxygen atoms in total. The van der Waals surface area contributed by atoms with Gasteiger partial charge in [0.2, 0.25) is 0 Å². The molecule has 0 aromatic rings. The van der Waals surface area contributed by atoms with Crippen LogP contribution in [0.5, 0.6) is 0 Å². The lowest BCUT2D eigenvalue weighted by atomic mass is 10.2. The third-order valence-corrected chi connectivity index (χ3v) is 1.38. The van der Waals surface area contributed by atoms with Crippen LogP contribution in [0.15, 0.2) is 35.5 Å². The molecule has 0 amide bonds. The molecule has 0 aromatic carbocycles. The summed E-state index contributed by atoms with van der Waals surface area (Å²) in [6.07, 6.45) is 9.65. The molecule has 0 bridgehead atoms. The molecule has 0 unspecified atom stereocenters. The second-order valence-electron chi connectivity index (χ2n) is 3.03. The fourth-order valence-corrected chi connectivity index (χ4v) is 0.681. The van der Waals surface area contributed by atoms with Crippen molar-refractivity contribution in [3.05, 3.63) is 35.5 Å². The fraction of sp³-hybridized carbons (Fsp3) is 0.455. The van der Waals surface area contributed by atoms with Gasteiger partial charge in [0.25, 0.3) is 0 Å². The molecular weight excluding hydrogens is 132 g/mol. The summed E-state index contributed by atoms with van der Waals surface area (Å²) in [6.45, 7) is 8.42. The Morgan fingerprint density at radius 3 is 2.18 bits per heavy atom. The normalized spacial score (nSPS) is 12.2. The largest absolute Gasteiger partial charge is 0.0913 e. The summed E-state index contributed by atoms with van der Waals surface area (Å²) in [5, 5.41) is 0. The number of hydrogen-bond donors (Lipinski definition) is 0. The van der Waals surface area contributed by atoms with Gasteiger partial charge in [-0.2, -0.15) is 0 Å². The second kappa shape index (κ2) is 5.96. The Hall–Kier alpha value is -0.780. The summed E-state index contributed by atoms with van der Waals surface area (Å²) in [7, 11) is 0. The lowest BCUT2D eigenvalue weighted by Gasteiger charge is -1.92. The maximum Gasteiger partial charge on any atom is -0.0139 e. The molecule has 0 saturated heterocycles. The summed E-state index contributed by atoms with van der Waals surface area (Å²) >= 11 is 0. The first kappa shape index (κ1) is 10.2. The zero-order valence-corrected chi connectivity index (χ0v) is 8.02. The van der Waals surface area contributed by atoms with Crippen LogP contribution in [0.25, 0.3) is 0 Å². The van der Waals surface area contributed by atoms with E-state index in [9.17, 15) is 0 Å². The van der Waals surface area contributed by atoms with Crippen molar-refractivity contribution >= 4 is 0 Å². The molecular formula is C11H18. The quantitative estimate of drug-likeness (QED) is 0.423. The van der Waals surface area contributed by atoms with Gasteiger partial charge < -0.3 is 0 Å². The van der Waals surface area contributed by atoms with Crippen LogP contribution in [0.2, 0.25) is 0 Å². The topological polar surface area (TPSA) is 0 Å². The molecule has 62 valence electrons. The van der Waals surface area contributed by atoms with Gasteiger partial charge in [0, 0.05) is 0 Å². The van der Waals surface area contributed by atoms with Crippen molar-refractivity contribution in [2.45, 2.75) is 34.1 Å². The van der Waals surface area contributed by atoms with E-state index in [2.05, 4.69) is 45.1 Å². The van der Waals surface area contributed by atoms with E-state index in [0.29, 0.717) is 0 Å². The van der Waals surface area contributed by atoms with E-state index in [1.54, 1.807) is 0 Å². The first-order chi connectivity index (χ1) is 5.16. The van der Waals surface area contributed by atoms with Gasteiger partial charge in [-0.05, 0) is 34.1 Å². The molecule has 0 radical (unpaired) electrons. The third-order valence-electron chi connectivity index (χ3n) is 1.38. The number of allylic oxidation sites excluding steroid dienone is 6. The number of rotatable bonds is 3. The smallest absolute Gasteiger partial charge is 0.0139 e. The molecule has 0 spiro atoms. The third kappa shape index (κ3) is 7.11. The van der Waals surface area contributed by atoms with Crippen LogP contribution in [-0.4, -0.2) is 0 Å². The highest BCUT2D eigenvalue weighted by Crippen LogP contribution is 2.02. The van der Waals surface area contributed by atoms with Gasteiger partial charge in [0.05, 0.1) is 0 Å². The van der Waals surface area contributed by atoms with Gasteiger partial charge in [0.1, 0.15) is 0 Å². The van der Waals surface area contributed by atoms with Gasteiger partial charge in [-0.15, -0.1) is 0 Å². The van der Waals surface area contributed by atoms with E-state index in [4.69, 9.17) is 0 Å². The van der Waals surface area contributed by atoms with Crippen molar-refractivity contribution in [3.8, 4) is 0 Å². The zero-order chi connectivity index (χ0) is 8.69. The van der Waals surface area contributed by atoms with Crippen molar-refractivity contribution in [1.29, 1.82) is 0 Å². The molecule has 0 aliphatic carbocycles. The molecule has 0 rings (SSSR count). The van der Waals surface area contributed by atoms with E-state index in [1.807, 2.05) is 6.92 Å². The molecule has 0 aliphatic heterocycles. The molecule has 0 heterocycles. The highest BCUT2D eigenvalue weighted by atomic mass is 13.9. The van der Waals surface area contributed by atoms with Crippen LogP contribution < -0.4 is 0 Å². The van der Waals surface area contributed by atoms with Gasteiger partial charge in [0.15, 0.2) is 0 Å². The van der Waals surface area contributed by atoms with E-state index >= 15 is 0 Å². The first-order valence-corrected chi connectivity index (χ1v) is 4.08. The van der Waals surface area contributed by atoms with Gasteiger partial charge in [-0.25, -0.2) is 0 Å². The lowest BCUT2D eigenvalue weighted by Crippen LogP contribution is -1.71. The van der Waals surface area contributed by atoms with E-state index < -0.39 is 0 Å². The van der Waals surface area contributed by atoms with Crippen molar-refractivity contribution < 1.29 is 0 Å². The molecule has 0 atom stereocenters. The predicted octanol–water partition coefficient (Wildman–Crippen LogP) is 3.87. The van der Waals surface area contributed by atoms with Crippen molar-refractivity contribution in [2.24, 2.45) is 0 Å². The van der Waals surface area contributed by atoms with Gasteiger partial charge in [-0.3, -0.25) is 0 Å². The van der Waals surface area contributed by atoms with Crippen molar-refractivity contribution in [3.63, 3.8) is 0 Å². The molecule has 0 aliphatic rings. The maximum atomic E-state index is 2.18. The summed E-state index contributed by atoms with van der Waals surface area (Å²) in [5.74, 6) is 0. The van der Waals surface area contributed by atoms with Crippen molar-refractivity contribution in [1.82, 2.24) is 0 Å². The summed E-state index contributed by atoms with van der Waals surface area (Å²) < 4.78 is 0. The van der Waals surface area contributed by atoms with Gasteiger partial charge >= 0.3 is 0 Å². The van der Waals surface area contributed by atoms with Crippen LogP contribution in [0, 0.1) is 0 Å². The van der Waals surface area contributed by atoms with Crippen LogP contribution >= 0.6 is 0 Å². The summed E-state index contributed by atoms with van der Waals surface area (Å²) in [4.78, 5) is 0. The zero-order valence-electron chi connectivity index (χ0n) is 8.02. The maximum absolute atomic E-state index is 2.18. The highest BCUT2D eigenvalue weighted by Gasteiger charge is 1.81. The summed E-state index contributed by atoms with van der Waals surface area (Å²) in [6, 6.07) is 0. The second-order valence-corrected chi connectivity index (χ2v) is 3.03. The fourth-order valence-electron chi connectivity index (χ4n) is 0.681. The van der Waals surface area contributed by atoms with Crippen LogP contribution in [0.1, 0.15) is 34.1 Å². The predicted molar refractivity (Wildman–Crippen MR) is 52.6 cm³/mol. The average molecular weight is 150 g/mol. The minimum absolute atomic E-state index is 1.07. The average Bonchev–Trinajstić information content (AvgIpc) is 1.97. The van der Waals surface area contributed by atoms with Crippen LogP contribution in [0.4, 0.5) is 0 Å². The Kier molecular flexibility index (Phi) is 5.54. The van der Waals surface area contributed by atoms with E-state index in [1.165, 1.54) is 11.1 Å². The lowest BCUT2D eigenvalue weighted by molar-refractivity contribution is 1.20. The molecule has 0 aromatic heterocycles.